The van der Waals surface area contributed by atoms with Crippen molar-refractivity contribution in [3.63, 3.8) is 0 Å². The van der Waals surface area contributed by atoms with Crippen molar-refractivity contribution in [1.29, 1.82) is 0 Å². The largest absolute Gasteiger partial charge is 0.497 e. The molecule has 0 atom stereocenters. The van der Waals surface area contributed by atoms with Crippen LogP contribution < -0.4 is 20.3 Å². The summed E-state index contributed by atoms with van der Waals surface area (Å²) in [6, 6.07) is 5.16. The van der Waals surface area contributed by atoms with E-state index < -0.39 is 0 Å². The second-order valence-electron chi connectivity index (χ2n) is 5.55. The molecule has 0 radical (unpaired) electrons. The van der Waals surface area contributed by atoms with E-state index in [1.165, 1.54) is 18.9 Å². The Hall–Kier alpha value is -2.48. The minimum Gasteiger partial charge on any atom is -0.497 e. The summed E-state index contributed by atoms with van der Waals surface area (Å²) >= 11 is 1.20. The van der Waals surface area contributed by atoms with Crippen molar-refractivity contribution < 1.29 is 14.3 Å². The Balaban J connectivity index is 1.64. The van der Waals surface area contributed by atoms with Crippen molar-refractivity contribution in [3.8, 4) is 11.5 Å². The maximum absolute atomic E-state index is 12.2. The quantitative estimate of drug-likeness (QED) is 0.604. The van der Waals surface area contributed by atoms with Crippen molar-refractivity contribution in [2.24, 2.45) is 0 Å². The number of hydrogen-bond acceptors (Lipinski definition) is 6. The van der Waals surface area contributed by atoms with Crippen LogP contribution in [0.15, 0.2) is 28.2 Å². The summed E-state index contributed by atoms with van der Waals surface area (Å²) in [5.74, 6) is 1.08. The third-order valence-corrected chi connectivity index (χ3v) is 4.82. The first-order chi connectivity index (χ1) is 12.1. The van der Waals surface area contributed by atoms with Crippen molar-refractivity contribution in [1.82, 2.24) is 9.97 Å². The van der Waals surface area contributed by atoms with E-state index in [0.717, 1.165) is 30.5 Å². The van der Waals surface area contributed by atoms with Gasteiger partial charge in [0, 0.05) is 11.6 Å². The highest BCUT2D eigenvalue weighted by Gasteiger charge is 2.18. The van der Waals surface area contributed by atoms with Crippen molar-refractivity contribution >= 4 is 23.4 Å². The number of hydrogen-bond donors (Lipinski definition) is 2. The molecule has 0 spiro atoms. The minimum atomic E-state index is -0.211. The van der Waals surface area contributed by atoms with Gasteiger partial charge in [-0.3, -0.25) is 9.59 Å². The fourth-order valence-corrected chi connectivity index (χ4v) is 3.39. The van der Waals surface area contributed by atoms with Gasteiger partial charge in [-0.1, -0.05) is 11.8 Å². The summed E-state index contributed by atoms with van der Waals surface area (Å²) in [5.41, 5.74) is 2.09. The lowest BCUT2D eigenvalue weighted by molar-refractivity contribution is -0.113. The molecule has 1 heterocycles. The summed E-state index contributed by atoms with van der Waals surface area (Å²) in [7, 11) is 3.09. The first-order valence-corrected chi connectivity index (χ1v) is 8.86. The molecular weight excluding hydrogens is 342 g/mol. The molecule has 1 aliphatic rings. The number of carbonyl (C=O) groups excluding carboxylic acids is 1. The van der Waals surface area contributed by atoms with Crippen LogP contribution in [0.2, 0.25) is 0 Å². The Kier molecular flexibility index (Phi) is 5.28. The highest BCUT2D eigenvalue weighted by Crippen LogP contribution is 2.29. The van der Waals surface area contributed by atoms with E-state index in [2.05, 4.69) is 15.3 Å². The van der Waals surface area contributed by atoms with Crippen LogP contribution in [0.25, 0.3) is 0 Å². The van der Waals surface area contributed by atoms with E-state index in [0.29, 0.717) is 22.3 Å². The van der Waals surface area contributed by atoms with E-state index in [1.807, 2.05) is 0 Å². The van der Waals surface area contributed by atoms with Gasteiger partial charge in [0.15, 0.2) is 5.16 Å². The summed E-state index contributed by atoms with van der Waals surface area (Å²) in [6.45, 7) is 0. The number of fused-ring (bicyclic) bond motifs is 1. The van der Waals surface area contributed by atoms with Crippen LogP contribution in [0.3, 0.4) is 0 Å². The number of nitrogens with zero attached hydrogens (tertiary/aromatic N) is 1. The van der Waals surface area contributed by atoms with Gasteiger partial charge in [0.25, 0.3) is 5.56 Å². The van der Waals surface area contributed by atoms with E-state index in [1.54, 1.807) is 25.3 Å². The van der Waals surface area contributed by atoms with Gasteiger partial charge in [0.2, 0.25) is 5.91 Å². The number of methoxy groups -OCH3 is 2. The fourth-order valence-electron chi connectivity index (χ4n) is 2.71. The predicted molar refractivity (Wildman–Crippen MR) is 95.8 cm³/mol. The molecule has 0 fully saturated rings. The number of benzene rings is 1. The molecule has 7 nitrogen and oxygen atoms in total. The van der Waals surface area contributed by atoms with Crippen LogP contribution >= 0.6 is 11.8 Å². The normalized spacial score (nSPS) is 12.6. The molecule has 3 rings (SSSR count). The molecule has 0 bridgehead atoms. The lowest BCUT2D eigenvalue weighted by Gasteiger charge is -2.11. The molecule has 1 aliphatic carbocycles. The summed E-state index contributed by atoms with van der Waals surface area (Å²) in [6.07, 6.45) is 2.56. The smallest absolute Gasteiger partial charge is 0.254 e. The molecular formula is C17H19N3O4S. The highest BCUT2D eigenvalue weighted by molar-refractivity contribution is 7.99. The standard InChI is InChI=1S/C17H19N3O4S/c1-23-10-6-7-13(14(8-10)24-2)18-15(21)9-25-17-19-12-5-3-4-11(12)16(22)20-17/h6-8H,3-5,9H2,1-2H3,(H,18,21)(H,19,20,22). The van der Waals surface area contributed by atoms with Crippen LogP contribution in [0.5, 0.6) is 11.5 Å². The van der Waals surface area contributed by atoms with Crippen LogP contribution in [-0.2, 0) is 17.6 Å². The summed E-state index contributed by atoms with van der Waals surface area (Å²) in [4.78, 5) is 31.3. The maximum atomic E-state index is 12.2. The zero-order valence-corrected chi connectivity index (χ0v) is 14.9. The number of aromatic nitrogens is 2. The Labute approximate surface area is 149 Å². The molecule has 2 N–H and O–H groups in total. The van der Waals surface area contributed by atoms with Crippen LogP contribution in [0, 0.1) is 0 Å². The number of amides is 1. The molecule has 25 heavy (non-hydrogen) atoms. The lowest BCUT2D eigenvalue weighted by atomic mass is 10.2. The third kappa shape index (κ3) is 3.96. The number of ether oxygens (including phenoxy) is 2. The van der Waals surface area contributed by atoms with Gasteiger partial charge in [-0.15, -0.1) is 0 Å². The fraction of sp³-hybridized carbons (Fsp3) is 0.353. The van der Waals surface area contributed by atoms with Gasteiger partial charge in [-0.25, -0.2) is 4.98 Å². The number of carbonyl (C=O) groups is 1. The SMILES string of the molecule is COc1ccc(NC(=O)CSc2nc3c(c(=O)[nH]2)CCC3)c(OC)c1. The number of anilines is 1. The Morgan fingerprint density at radius 1 is 1.32 bits per heavy atom. The molecule has 0 saturated carbocycles. The molecule has 0 aliphatic heterocycles. The summed E-state index contributed by atoms with van der Waals surface area (Å²) < 4.78 is 10.4. The van der Waals surface area contributed by atoms with Crippen molar-refractivity contribution in [2.75, 3.05) is 25.3 Å². The molecule has 0 unspecified atom stereocenters. The Morgan fingerprint density at radius 3 is 2.92 bits per heavy atom. The average Bonchev–Trinajstić information content (AvgIpc) is 3.09. The van der Waals surface area contributed by atoms with Crippen LogP contribution in [0.1, 0.15) is 17.7 Å². The van der Waals surface area contributed by atoms with E-state index >= 15 is 0 Å². The molecule has 1 aromatic carbocycles. The highest BCUT2D eigenvalue weighted by atomic mass is 32.2. The number of nitrogens with one attached hydrogen (secondary N) is 2. The third-order valence-electron chi connectivity index (χ3n) is 3.94. The minimum absolute atomic E-state index is 0.0952. The first-order valence-electron chi connectivity index (χ1n) is 7.87. The lowest BCUT2D eigenvalue weighted by Crippen LogP contribution is -2.17. The maximum Gasteiger partial charge on any atom is 0.254 e. The monoisotopic (exact) mass is 361 g/mol. The van der Waals surface area contributed by atoms with Gasteiger partial charge in [0.1, 0.15) is 11.5 Å². The van der Waals surface area contributed by atoms with Crippen LogP contribution in [-0.4, -0.2) is 35.8 Å². The zero-order valence-electron chi connectivity index (χ0n) is 14.0. The van der Waals surface area contributed by atoms with Crippen LogP contribution in [0.4, 0.5) is 5.69 Å². The molecule has 1 amide bonds. The molecule has 132 valence electrons. The number of H-pyrrole nitrogens is 1. The Bertz CT molecular complexity index is 850. The number of thioether (sulfide) groups is 1. The predicted octanol–water partition coefficient (Wildman–Crippen LogP) is 2.01. The van der Waals surface area contributed by atoms with Crippen molar-refractivity contribution in [3.05, 3.63) is 39.8 Å². The topological polar surface area (TPSA) is 93.3 Å². The number of aryl methyl sites for hydroxylation is 1. The van der Waals surface area contributed by atoms with Gasteiger partial charge < -0.3 is 19.8 Å². The Morgan fingerprint density at radius 2 is 2.16 bits per heavy atom. The second kappa shape index (κ2) is 7.60. The van der Waals surface area contributed by atoms with E-state index in [-0.39, 0.29) is 17.2 Å². The van der Waals surface area contributed by atoms with E-state index in [9.17, 15) is 9.59 Å². The van der Waals surface area contributed by atoms with Gasteiger partial charge in [0.05, 0.1) is 31.4 Å². The number of rotatable bonds is 6. The van der Waals surface area contributed by atoms with Crippen molar-refractivity contribution in [2.45, 2.75) is 24.4 Å². The zero-order chi connectivity index (χ0) is 17.8. The first kappa shape index (κ1) is 17.3. The molecule has 0 saturated heterocycles. The average molecular weight is 361 g/mol. The summed E-state index contributed by atoms with van der Waals surface area (Å²) in [5, 5.41) is 3.26. The molecule has 2 aromatic rings. The van der Waals surface area contributed by atoms with Gasteiger partial charge in [-0.05, 0) is 31.4 Å². The second-order valence-corrected chi connectivity index (χ2v) is 6.52. The van der Waals surface area contributed by atoms with Gasteiger partial charge in [-0.2, -0.15) is 0 Å². The molecule has 8 heteroatoms. The molecule has 1 aromatic heterocycles. The van der Waals surface area contributed by atoms with Gasteiger partial charge >= 0.3 is 0 Å². The van der Waals surface area contributed by atoms with E-state index in [4.69, 9.17) is 9.47 Å². The number of aromatic amines is 1.